The van der Waals surface area contributed by atoms with Crippen molar-refractivity contribution in [3.63, 3.8) is 0 Å². The van der Waals surface area contributed by atoms with Crippen LogP contribution in [0.25, 0.3) is 6.08 Å². The molecule has 2 heterocycles. The summed E-state index contributed by atoms with van der Waals surface area (Å²) in [5.74, 6) is -6.09. The number of benzene rings is 1. The minimum absolute atomic E-state index is 0.124. The molecule has 0 spiro atoms. The summed E-state index contributed by atoms with van der Waals surface area (Å²) >= 11 is 0. The third-order valence-electron chi connectivity index (χ3n) is 6.70. The van der Waals surface area contributed by atoms with E-state index in [-0.39, 0.29) is 11.5 Å². The second-order valence-corrected chi connectivity index (χ2v) is 10.1. The van der Waals surface area contributed by atoms with Crippen LogP contribution >= 0.6 is 0 Å². The highest BCUT2D eigenvalue weighted by molar-refractivity contribution is 5.87. The first-order valence-electron chi connectivity index (χ1n) is 13.6. The number of aliphatic hydroxyl groups is 4. The Kier molecular flexibility index (Phi) is 12.2. The van der Waals surface area contributed by atoms with Crippen molar-refractivity contribution in [1.82, 2.24) is 0 Å². The Balaban J connectivity index is 1.98. The summed E-state index contributed by atoms with van der Waals surface area (Å²) in [5.41, 5.74) is 0.409. The van der Waals surface area contributed by atoms with Crippen LogP contribution in [-0.4, -0.2) is 131 Å². The summed E-state index contributed by atoms with van der Waals surface area (Å²) < 4.78 is 43.0. The van der Waals surface area contributed by atoms with E-state index in [1.165, 1.54) is 31.4 Å². The predicted molar refractivity (Wildman–Crippen MR) is 145 cm³/mol. The molecule has 0 bridgehead atoms. The number of methoxy groups -OCH3 is 1. The van der Waals surface area contributed by atoms with Crippen molar-refractivity contribution in [1.29, 1.82) is 0 Å². The van der Waals surface area contributed by atoms with Crippen molar-refractivity contribution >= 4 is 30.0 Å². The van der Waals surface area contributed by atoms with Gasteiger partial charge in [-0.2, -0.15) is 0 Å². The number of aliphatic hydroxyl groups excluding tert-OH is 4. The summed E-state index contributed by atoms with van der Waals surface area (Å²) in [6, 6.07) is 4.21. The molecular weight excluding hydrogens is 608 g/mol. The smallest absolute Gasteiger partial charge is 0.331 e. The number of carbonyl (C=O) groups excluding carboxylic acids is 4. The summed E-state index contributed by atoms with van der Waals surface area (Å²) in [4.78, 5) is 48.0. The molecule has 1 aromatic rings. The molecule has 1 aromatic carbocycles. The standard InChI is InChI=1S/C28H36O17/c1-13(30)39-11-20-22(35)24(37)25(41-15(3)32)27(42-20)45-28(12-40-14(2)31)26(23(36)19(10-29)44-28)43-21(34)8-6-16-5-7-17(33)18(9-16)38-4/h5-9,19-20,22-27,29,33,35-37H,10-12H2,1-4H3. The lowest BCUT2D eigenvalue weighted by molar-refractivity contribution is -0.384. The van der Waals surface area contributed by atoms with E-state index in [4.69, 9.17) is 37.9 Å². The summed E-state index contributed by atoms with van der Waals surface area (Å²) in [5, 5.41) is 52.0. The molecule has 9 unspecified atom stereocenters. The lowest BCUT2D eigenvalue weighted by atomic mass is 9.98. The van der Waals surface area contributed by atoms with Gasteiger partial charge in [-0.1, -0.05) is 6.07 Å². The third kappa shape index (κ3) is 8.88. The molecular formula is C28H36O17. The first kappa shape index (κ1) is 35.6. The minimum atomic E-state index is -2.46. The molecule has 2 aliphatic rings. The summed E-state index contributed by atoms with van der Waals surface area (Å²) in [7, 11) is 1.33. The molecule has 250 valence electrons. The number of hydrogen-bond donors (Lipinski definition) is 5. The molecule has 0 aliphatic carbocycles. The van der Waals surface area contributed by atoms with Gasteiger partial charge < -0.3 is 63.4 Å². The maximum atomic E-state index is 13.0. The van der Waals surface area contributed by atoms with Gasteiger partial charge in [-0.15, -0.1) is 0 Å². The Morgan fingerprint density at radius 2 is 1.62 bits per heavy atom. The second-order valence-electron chi connectivity index (χ2n) is 10.1. The van der Waals surface area contributed by atoms with Crippen molar-refractivity contribution in [3.05, 3.63) is 29.8 Å². The Bertz CT molecular complexity index is 1250. The van der Waals surface area contributed by atoms with Crippen LogP contribution in [0.15, 0.2) is 24.3 Å². The van der Waals surface area contributed by atoms with Gasteiger partial charge in [0.2, 0.25) is 12.1 Å². The van der Waals surface area contributed by atoms with Gasteiger partial charge in [0.15, 0.2) is 23.7 Å². The van der Waals surface area contributed by atoms with Gasteiger partial charge in [0.05, 0.1) is 13.7 Å². The molecule has 45 heavy (non-hydrogen) atoms. The van der Waals surface area contributed by atoms with Crippen molar-refractivity contribution in [3.8, 4) is 11.5 Å². The zero-order chi connectivity index (χ0) is 33.5. The van der Waals surface area contributed by atoms with Crippen LogP contribution in [-0.2, 0) is 52.3 Å². The predicted octanol–water partition coefficient (Wildman–Crippen LogP) is -1.70. The lowest BCUT2D eigenvalue weighted by Gasteiger charge is -2.44. The van der Waals surface area contributed by atoms with Crippen molar-refractivity contribution < 1.29 is 82.6 Å². The topological polar surface area (TPSA) is 243 Å². The first-order chi connectivity index (χ1) is 21.2. The average Bonchev–Trinajstić information content (AvgIpc) is 3.24. The Hall–Kier alpha value is -3.84. The molecule has 0 radical (unpaired) electrons. The fourth-order valence-electron chi connectivity index (χ4n) is 4.58. The van der Waals surface area contributed by atoms with Crippen LogP contribution < -0.4 is 4.74 Å². The van der Waals surface area contributed by atoms with Crippen molar-refractivity contribution in [2.75, 3.05) is 26.9 Å². The van der Waals surface area contributed by atoms with Crippen molar-refractivity contribution in [2.24, 2.45) is 0 Å². The molecule has 17 nitrogen and oxygen atoms in total. The van der Waals surface area contributed by atoms with E-state index < -0.39 is 98.5 Å². The van der Waals surface area contributed by atoms with E-state index in [1.807, 2.05) is 0 Å². The molecule has 2 aliphatic heterocycles. The highest BCUT2D eigenvalue weighted by Crippen LogP contribution is 2.39. The van der Waals surface area contributed by atoms with Crippen LogP contribution in [0.4, 0.5) is 0 Å². The molecule has 2 saturated heterocycles. The van der Waals surface area contributed by atoms with Gasteiger partial charge in [-0.3, -0.25) is 14.4 Å². The van der Waals surface area contributed by atoms with Gasteiger partial charge >= 0.3 is 23.9 Å². The number of phenolic OH excluding ortho intramolecular Hbond substituents is 1. The van der Waals surface area contributed by atoms with E-state index >= 15 is 0 Å². The van der Waals surface area contributed by atoms with Crippen LogP contribution in [0.3, 0.4) is 0 Å². The summed E-state index contributed by atoms with van der Waals surface area (Å²) in [6.45, 7) is 0.820. The highest BCUT2D eigenvalue weighted by atomic mass is 16.8. The van der Waals surface area contributed by atoms with E-state index in [1.54, 1.807) is 0 Å². The average molecular weight is 645 g/mol. The minimum Gasteiger partial charge on any atom is -0.504 e. The van der Waals surface area contributed by atoms with Crippen molar-refractivity contribution in [2.45, 2.75) is 75.6 Å². The number of carbonyl (C=O) groups is 4. The van der Waals surface area contributed by atoms with Crippen LogP contribution in [0, 0.1) is 0 Å². The van der Waals surface area contributed by atoms with Gasteiger partial charge in [0.1, 0.15) is 43.7 Å². The Labute approximate surface area is 256 Å². The molecule has 0 amide bonds. The Morgan fingerprint density at radius 1 is 0.933 bits per heavy atom. The number of esters is 4. The largest absolute Gasteiger partial charge is 0.504 e. The number of phenols is 1. The Morgan fingerprint density at radius 3 is 2.22 bits per heavy atom. The molecule has 9 atom stereocenters. The number of ether oxygens (including phenoxy) is 8. The van der Waals surface area contributed by atoms with Gasteiger partial charge in [0, 0.05) is 26.8 Å². The fourth-order valence-corrected chi connectivity index (χ4v) is 4.58. The zero-order valence-corrected chi connectivity index (χ0v) is 24.8. The summed E-state index contributed by atoms with van der Waals surface area (Å²) in [6.07, 6.45) is -11.6. The number of hydrogen-bond acceptors (Lipinski definition) is 17. The molecule has 0 aromatic heterocycles. The highest BCUT2D eigenvalue weighted by Gasteiger charge is 2.62. The van der Waals surface area contributed by atoms with Crippen LogP contribution in [0.5, 0.6) is 11.5 Å². The molecule has 0 saturated carbocycles. The number of aromatic hydroxyl groups is 1. The fraction of sp³-hybridized carbons (Fsp3) is 0.571. The molecule has 3 rings (SSSR count). The first-order valence-corrected chi connectivity index (χ1v) is 13.6. The molecule has 5 N–H and O–H groups in total. The van der Waals surface area contributed by atoms with Gasteiger partial charge in [0.25, 0.3) is 0 Å². The monoisotopic (exact) mass is 644 g/mol. The van der Waals surface area contributed by atoms with E-state index in [2.05, 4.69) is 0 Å². The normalized spacial score (nSPS) is 31.3. The quantitative estimate of drug-likeness (QED) is 0.0966. The molecule has 17 heteroatoms. The number of rotatable bonds is 12. The van der Waals surface area contributed by atoms with Gasteiger partial charge in [-0.05, 0) is 23.8 Å². The van der Waals surface area contributed by atoms with Crippen LogP contribution in [0.2, 0.25) is 0 Å². The maximum absolute atomic E-state index is 13.0. The lowest BCUT2D eigenvalue weighted by Crippen LogP contribution is -2.64. The van der Waals surface area contributed by atoms with Crippen LogP contribution in [0.1, 0.15) is 26.3 Å². The maximum Gasteiger partial charge on any atom is 0.331 e. The molecule has 2 fully saturated rings. The van der Waals surface area contributed by atoms with E-state index in [0.717, 1.165) is 26.8 Å². The van der Waals surface area contributed by atoms with E-state index in [0.29, 0.717) is 5.56 Å². The van der Waals surface area contributed by atoms with E-state index in [9.17, 15) is 44.7 Å². The zero-order valence-electron chi connectivity index (χ0n) is 24.8. The SMILES string of the molecule is COc1cc(C=CC(=O)OC2C(O)C(CO)OC2(COC(C)=O)OC2OC(COC(C)=O)C(O)C(O)C2OC(C)=O)ccc1O. The van der Waals surface area contributed by atoms with Gasteiger partial charge in [-0.25, -0.2) is 4.79 Å². The second kappa shape index (κ2) is 15.4. The third-order valence-corrected chi connectivity index (χ3v) is 6.70.